The Kier molecular flexibility index (Phi) is 7.10. The highest BCUT2D eigenvalue weighted by molar-refractivity contribution is 6.03. The van der Waals surface area contributed by atoms with Crippen LogP contribution in [0.4, 0.5) is 0 Å². The maximum atomic E-state index is 14.0. The van der Waals surface area contributed by atoms with Crippen LogP contribution in [-0.4, -0.2) is 34.7 Å². The van der Waals surface area contributed by atoms with Gasteiger partial charge in [0.2, 0.25) is 0 Å². The van der Waals surface area contributed by atoms with Crippen molar-refractivity contribution in [3.8, 4) is 5.75 Å². The monoisotopic (exact) mass is 481 g/mol. The number of aromatic hydroxyl groups is 1. The molecular weight excluding hydrogens is 446 g/mol. The van der Waals surface area contributed by atoms with Crippen molar-refractivity contribution in [2.45, 2.75) is 51.1 Å². The van der Waals surface area contributed by atoms with Crippen molar-refractivity contribution in [3.05, 3.63) is 101 Å². The van der Waals surface area contributed by atoms with Crippen LogP contribution in [0.1, 0.15) is 72.2 Å². The molecule has 0 radical (unpaired) electrons. The number of phenols is 1. The van der Waals surface area contributed by atoms with E-state index < -0.39 is 0 Å². The van der Waals surface area contributed by atoms with Gasteiger partial charge in [-0.15, -0.1) is 0 Å². The van der Waals surface area contributed by atoms with Gasteiger partial charge in [0.25, 0.3) is 5.91 Å². The van der Waals surface area contributed by atoms with E-state index in [0.29, 0.717) is 12.6 Å². The second kappa shape index (κ2) is 10.6. The Bertz CT molecular complexity index is 1320. The molecule has 0 bridgehead atoms. The zero-order valence-electron chi connectivity index (χ0n) is 21.1. The molecule has 186 valence electrons. The minimum Gasteiger partial charge on any atom is -0.508 e. The number of nitrogens with zero attached hydrogens (tertiary/aromatic N) is 1. The Hall–Kier alpha value is -3.57. The lowest BCUT2D eigenvalue weighted by atomic mass is 9.83. The quantitative estimate of drug-likeness (QED) is 0.290. The number of amides is 1. The number of phenolic OH excluding ortho intramolecular Hbond substituents is 1. The summed E-state index contributed by atoms with van der Waals surface area (Å²) >= 11 is 0. The van der Waals surface area contributed by atoms with Gasteiger partial charge in [-0.1, -0.05) is 67.6 Å². The minimum absolute atomic E-state index is 0.0346. The molecule has 5 rings (SSSR count). The molecule has 0 aliphatic carbocycles. The first-order valence-electron chi connectivity index (χ1n) is 13.1. The van der Waals surface area contributed by atoms with Crippen molar-refractivity contribution >= 4 is 16.8 Å². The van der Waals surface area contributed by atoms with Crippen LogP contribution < -0.4 is 10.6 Å². The number of para-hydroxylation sites is 1. The van der Waals surface area contributed by atoms with Crippen LogP contribution in [0.5, 0.6) is 5.75 Å². The highest BCUT2D eigenvalue weighted by Gasteiger charge is 2.34. The summed E-state index contributed by atoms with van der Waals surface area (Å²) in [7, 11) is 0. The Labute approximate surface area is 213 Å². The predicted molar refractivity (Wildman–Crippen MR) is 146 cm³/mol. The molecule has 5 heteroatoms. The van der Waals surface area contributed by atoms with E-state index in [9.17, 15) is 9.90 Å². The van der Waals surface area contributed by atoms with E-state index in [2.05, 4.69) is 65.4 Å². The number of rotatable bonds is 8. The number of hydrogen-bond donors (Lipinski definition) is 3. The summed E-state index contributed by atoms with van der Waals surface area (Å²) in [5.41, 5.74) is 4.98. The van der Waals surface area contributed by atoms with Crippen LogP contribution in [0.2, 0.25) is 0 Å². The molecule has 1 saturated heterocycles. The molecule has 1 amide bonds. The second-order valence-corrected chi connectivity index (χ2v) is 9.78. The lowest BCUT2D eigenvalue weighted by molar-refractivity contribution is 0.0941. The minimum atomic E-state index is -0.163. The van der Waals surface area contributed by atoms with Gasteiger partial charge in [-0.3, -0.25) is 4.79 Å². The predicted octanol–water partition coefficient (Wildman–Crippen LogP) is 5.98. The van der Waals surface area contributed by atoms with E-state index in [0.717, 1.165) is 59.1 Å². The molecule has 3 N–H and O–H groups in total. The highest BCUT2D eigenvalue weighted by atomic mass is 16.3. The molecule has 0 spiro atoms. The number of nitrogens with one attached hydrogen (secondary N) is 2. The normalized spacial score (nSPS) is 17.2. The van der Waals surface area contributed by atoms with Crippen LogP contribution >= 0.6 is 0 Å². The molecule has 1 aliphatic heterocycles. The number of fused-ring (bicyclic) bond motifs is 1. The summed E-state index contributed by atoms with van der Waals surface area (Å²) in [5, 5.41) is 17.9. The smallest absolute Gasteiger partial charge is 0.268 e. The first-order valence-corrected chi connectivity index (χ1v) is 13.1. The molecule has 5 nitrogen and oxygen atoms in total. The molecule has 3 atom stereocenters. The average Bonchev–Trinajstić information content (AvgIpc) is 3.56. The fourth-order valence-electron chi connectivity index (χ4n) is 5.70. The first-order chi connectivity index (χ1) is 17.6. The van der Waals surface area contributed by atoms with Crippen LogP contribution in [0.3, 0.4) is 0 Å². The van der Waals surface area contributed by atoms with Crippen molar-refractivity contribution < 1.29 is 9.90 Å². The summed E-state index contributed by atoms with van der Waals surface area (Å²) in [5.74, 6) is 0.0338. The molecule has 3 aromatic carbocycles. The zero-order valence-corrected chi connectivity index (χ0v) is 21.1. The summed E-state index contributed by atoms with van der Waals surface area (Å²) in [4.78, 5) is 14.0. The summed E-state index contributed by atoms with van der Waals surface area (Å²) in [6.07, 6.45) is 3.12. The Morgan fingerprint density at radius 1 is 1.03 bits per heavy atom. The largest absolute Gasteiger partial charge is 0.508 e. The number of hydrogen-bond acceptors (Lipinski definition) is 3. The molecule has 1 aliphatic rings. The van der Waals surface area contributed by atoms with Gasteiger partial charge in [-0.05, 0) is 62.1 Å². The van der Waals surface area contributed by atoms with Crippen molar-refractivity contribution in [1.82, 2.24) is 15.2 Å². The topological polar surface area (TPSA) is 66.3 Å². The second-order valence-electron chi connectivity index (χ2n) is 9.78. The van der Waals surface area contributed by atoms with Crippen molar-refractivity contribution in [2.24, 2.45) is 0 Å². The van der Waals surface area contributed by atoms with Crippen molar-refractivity contribution in [2.75, 3.05) is 13.1 Å². The van der Waals surface area contributed by atoms with E-state index in [1.807, 2.05) is 30.3 Å². The maximum Gasteiger partial charge on any atom is 0.268 e. The van der Waals surface area contributed by atoms with Gasteiger partial charge in [-0.2, -0.15) is 0 Å². The summed E-state index contributed by atoms with van der Waals surface area (Å²) in [6.45, 7) is 5.95. The van der Waals surface area contributed by atoms with Gasteiger partial charge >= 0.3 is 0 Å². The zero-order chi connectivity index (χ0) is 25.1. The average molecular weight is 482 g/mol. The van der Waals surface area contributed by atoms with E-state index in [1.54, 1.807) is 12.1 Å². The van der Waals surface area contributed by atoms with Crippen molar-refractivity contribution in [3.63, 3.8) is 0 Å². The molecule has 4 aromatic rings. The van der Waals surface area contributed by atoms with E-state index >= 15 is 0 Å². The van der Waals surface area contributed by atoms with Gasteiger partial charge in [-0.25, -0.2) is 0 Å². The molecule has 1 aromatic heterocycles. The Morgan fingerprint density at radius 3 is 2.42 bits per heavy atom. The van der Waals surface area contributed by atoms with Crippen LogP contribution in [0.15, 0.2) is 78.9 Å². The molecule has 0 saturated carbocycles. The standard InChI is InChI=1S/C31H35N3O2/c1-3-19-33-31(36)30-29(28(22-10-5-4-6-11-22)23-15-17-24(35)18-16-23)25-12-7-8-14-27(25)34(30)21(2)26-13-9-20-32-26/h4-8,10-12,14-18,21,26,28,32,35H,3,9,13,19-20H2,1-2H3,(H,33,36). The lowest BCUT2D eigenvalue weighted by Gasteiger charge is -2.26. The SMILES string of the molecule is CCCNC(=O)c1c(C(c2ccccc2)c2ccc(O)cc2)c2ccccc2n1C(C)C1CCCN1. The number of aromatic nitrogens is 1. The number of benzene rings is 3. The van der Waals surface area contributed by atoms with Gasteiger partial charge in [0.1, 0.15) is 11.4 Å². The molecule has 2 heterocycles. The summed E-state index contributed by atoms with van der Waals surface area (Å²) in [6, 6.07) is 26.6. The van der Waals surface area contributed by atoms with Gasteiger partial charge in [0.15, 0.2) is 0 Å². The highest BCUT2D eigenvalue weighted by Crippen LogP contribution is 2.42. The molecular formula is C31H35N3O2. The number of carbonyl (C=O) groups is 1. The third-order valence-corrected chi connectivity index (χ3v) is 7.44. The van der Waals surface area contributed by atoms with E-state index in [-0.39, 0.29) is 23.6 Å². The van der Waals surface area contributed by atoms with E-state index in [1.165, 1.54) is 0 Å². The van der Waals surface area contributed by atoms with E-state index in [4.69, 9.17) is 0 Å². The first kappa shape index (κ1) is 24.1. The fourth-order valence-corrected chi connectivity index (χ4v) is 5.70. The molecule has 1 fully saturated rings. The van der Waals surface area contributed by atoms with Gasteiger partial charge in [0, 0.05) is 41.0 Å². The Morgan fingerprint density at radius 2 is 1.72 bits per heavy atom. The van der Waals surface area contributed by atoms with Gasteiger partial charge in [0.05, 0.1) is 0 Å². The summed E-state index contributed by atoms with van der Waals surface area (Å²) < 4.78 is 2.27. The van der Waals surface area contributed by atoms with Crippen LogP contribution in [0, 0.1) is 0 Å². The van der Waals surface area contributed by atoms with Crippen molar-refractivity contribution in [1.29, 1.82) is 0 Å². The van der Waals surface area contributed by atoms with Gasteiger partial charge < -0.3 is 20.3 Å². The fraction of sp³-hybridized carbons (Fsp3) is 0.323. The number of carbonyl (C=O) groups excluding carboxylic acids is 1. The Balaban J connectivity index is 1.81. The third kappa shape index (κ3) is 4.51. The lowest BCUT2D eigenvalue weighted by Crippen LogP contribution is -2.35. The maximum absolute atomic E-state index is 14.0. The molecule has 3 unspecified atom stereocenters. The third-order valence-electron chi connectivity index (χ3n) is 7.44. The van der Waals surface area contributed by atoms with Crippen LogP contribution in [0.25, 0.3) is 10.9 Å². The van der Waals surface area contributed by atoms with Crippen LogP contribution in [-0.2, 0) is 0 Å². The molecule has 36 heavy (non-hydrogen) atoms.